The Morgan fingerprint density at radius 2 is 2.24 bits per heavy atom. The summed E-state index contributed by atoms with van der Waals surface area (Å²) in [6.07, 6.45) is 1.99. The molecule has 1 saturated carbocycles. The topological polar surface area (TPSA) is 114 Å². The molecule has 21 heavy (non-hydrogen) atoms. The van der Waals surface area contributed by atoms with E-state index in [0.29, 0.717) is 11.7 Å². The van der Waals surface area contributed by atoms with Gasteiger partial charge in [0.15, 0.2) is 0 Å². The van der Waals surface area contributed by atoms with Crippen LogP contribution in [-0.2, 0) is 0 Å². The minimum Gasteiger partial charge on any atom is -0.316 e. The molecule has 1 aliphatic carbocycles. The third kappa shape index (κ3) is 2.71. The molecule has 0 radical (unpaired) electrons. The zero-order chi connectivity index (χ0) is 15.0. The van der Waals surface area contributed by atoms with E-state index >= 15 is 0 Å². The first-order valence-electron chi connectivity index (χ1n) is 6.22. The molecule has 1 heterocycles. The summed E-state index contributed by atoms with van der Waals surface area (Å²) in [5, 5.41) is 19.3. The van der Waals surface area contributed by atoms with E-state index in [2.05, 4.69) is 20.5 Å². The number of carbonyl (C=O) groups is 1. The van der Waals surface area contributed by atoms with Crippen LogP contribution in [0.3, 0.4) is 0 Å². The lowest BCUT2D eigenvalue weighted by molar-refractivity contribution is -0.384. The highest BCUT2D eigenvalue weighted by Crippen LogP contribution is 2.37. The predicted octanol–water partition coefficient (Wildman–Crippen LogP) is 1.98. The number of benzene rings is 1. The predicted molar refractivity (Wildman–Crippen MR) is 69.4 cm³/mol. The van der Waals surface area contributed by atoms with Crippen LogP contribution >= 0.6 is 0 Å². The van der Waals surface area contributed by atoms with Crippen molar-refractivity contribution >= 4 is 17.3 Å². The highest BCUT2D eigenvalue weighted by atomic mass is 19.1. The maximum Gasteiger partial charge on any atom is 0.295 e. The molecule has 1 aromatic carbocycles. The third-order valence-electron chi connectivity index (χ3n) is 3.08. The Morgan fingerprint density at radius 3 is 2.90 bits per heavy atom. The zero-order valence-corrected chi connectivity index (χ0v) is 10.7. The van der Waals surface area contributed by atoms with E-state index < -0.39 is 16.6 Å². The van der Waals surface area contributed by atoms with Gasteiger partial charge < -0.3 is 5.32 Å². The smallest absolute Gasteiger partial charge is 0.295 e. The number of hydrogen-bond acceptors (Lipinski definition) is 5. The molecular weight excluding hydrogens is 281 g/mol. The Morgan fingerprint density at radius 1 is 1.48 bits per heavy atom. The van der Waals surface area contributed by atoms with Gasteiger partial charge in [0, 0.05) is 18.1 Å². The summed E-state index contributed by atoms with van der Waals surface area (Å²) in [4.78, 5) is 25.9. The van der Waals surface area contributed by atoms with Crippen molar-refractivity contribution in [3.05, 3.63) is 45.8 Å². The molecule has 2 aromatic rings. The maximum absolute atomic E-state index is 13.6. The Kier molecular flexibility index (Phi) is 3.09. The number of carbonyl (C=O) groups excluding carboxylic acids is 1. The van der Waals surface area contributed by atoms with E-state index in [0.717, 1.165) is 31.0 Å². The molecule has 8 nitrogen and oxygen atoms in total. The second-order valence-corrected chi connectivity index (χ2v) is 4.69. The fourth-order valence-electron chi connectivity index (χ4n) is 1.82. The minimum absolute atomic E-state index is 0.122. The van der Waals surface area contributed by atoms with Gasteiger partial charge in [-0.2, -0.15) is 0 Å². The van der Waals surface area contributed by atoms with Crippen LogP contribution in [0.1, 0.15) is 35.2 Å². The van der Waals surface area contributed by atoms with E-state index in [-0.39, 0.29) is 17.2 Å². The van der Waals surface area contributed by atoms with Crippen LogP contribution in [0, 0.1) is 15.9 Å². The Labute approximate surface area is 117 Å². The summed E-state index contributed by atoms with van der Waals surface area (Å²) >= 11 is 0. The number of H-pyrrole nitrogens is 1. The molecule has 0 unspecified atom stereocenters. The molecule has 0 aliphatic heterocycles. The SMILES string of the molecule is O=C(Nc1cc([N+](=O)[O-])ccc1F)c1n[nH]c(C2CC2)n1. The van der Waals surface area contributed by atoms with Crippen molar-refractivity contribution in [1.82, 2.24) is 15.2 Å². The van der Waals surface area contributed by atoms with Crippen LogP contribution in [0.25, 0.3) is 0 Å². The summed E-state index contributed by atoms with van der Waals surface area (Å²) < 4.78 is 13.6. The number of nitro groups is 1. The normalized spacial score (nSPS) is 14.0. The average molecular weight is 291 g/mol. The Bertz CT molecular complexity index is 725. The van der Waals surface area contributed by atoms with Gasteiger partial charge >= 0.3 is 0 Å². The van der Waals surface area contributed by atoms with Gasteiger partial charge in [0.1, 0.15) is 11.6 Å². The van der Waals surface area contributed by atoms with E-state index in [1.54, 1.807) is 0 Å². The van der Waals surface area contributed by atoms with Crippen molar-refractivity contribution in [3.8, 4) is 0 Å². The number of non-ortho nitro benzene ring substituents is 1. The summed E-state index contributed by atoms with van der Waals surface area (Å²) in [6, 6.07) is 2.88. The number of aromatic amines is 1. The number of anilines is 1. The molecule has 0 atom stereocenters. The van der Waals surface area contributed by atoms with Gasteiger partial charge in [0.2, 0.25) is 5.82 Å². The van der Waals surface area contributed by atoms with Crippen LogP contribution in [0.5, 0.6) is 0 Å². The maximum atomic E-state index is 13.6. The summed E-state index contributed by atoms with van der Waals surface area (Å²) in [6.45, 7) is 0. The van der Waals surface area contributed by atoms with Crippen LogP contribution < -0.4 is 5.32 Å². The summed E-state index contributed by atoms with van der Waals surface area (Å²) in [5.74, 6) is -0.694. The molecule has 0 spiro atoms. The molecule has 3 rings (SSSR count). The van der Waals surface area contributed by atoms with Gasteiger partial charge in [0.05, 0.1) is 10.6 Å². The lowest BCUT2D eigenvalue weighted by atomic mass is 10.2. The first-order chi connectivity index (χ1) is 10.0. The van der Waals surface area contributed by atoms with E-state index in [1.165, 1.54) is 0 Å². The molecular formula is C12H10FN5O3. The number of hydrogen-bond donors (Lipinski definition) is 2. The molecule has 1 aromatic heterocycles. The lowest BCUT2D eigenvalue weighted by Gasteiger charge is -2.03. The fraction of sp³-hybridized carbons (Fsp3) is 0.250. The van der Waals surface area contributed by atoms with Crippen molar-refractivity contribution in [3.63, 3.8) is 0 Å². The van der Waals surface area contributed by atoms with E-state index in [1.807, 2.05) is 0 Å². The fourth-order valence-corrected chi connectivity index (χ4v) is 1.82. The number of nitrogens with zero attached hydrogens (tertiary/aromatic N) is 3. The van der Waals surface area contributed by atoms with Crippen molar-refractivity contribution in [2.45, 2.75) is 18.8 Å². The number of nitro benzene ring substituents is 1. The average Bonchev–Trinajstić information content (AvgIpc) is 3.18. The molecule has 2 N–H and O–H groups in total. The Balaban J connectivity index is 1.79. The molecule has 1 amide bonds. The van der Waals surface area contributed by atoms with Gasteiger partial charge in [-0.15, -0.1) is 5.10 Å². The minimum atomic E-state index is -0.771. The van der Waals surface area contributed by atoms with Gasteiger partial charge in [-0.1, -0.05) is 0 Å². The van der Waals surface area contributed by atoms with Gasteiger partial charge in [0.25, 0.3) is 11.6 Å². The van der Waals surface area contributed by atoms with Crippen molar-refractivity contribution in [2.24, 2.45) is 0 Å². The summed E-state index contributed by atoms with van der Waals surface area (Å²) in [7, 11) is 0. The van der Waals surface area contributed by atoms with Crippen LogP contribution in [0.2, 0.25) is 0 Å². The number of amides is 1. The first kappa shape index (κ1) is 13.2. The number of aromatic nitrogens is 3. The largest absolute Gasteiger partial charge is 0.316 e. The number of halogens is 1. The van der Waals surface area contributed by atoms with Gasteiger partial charge in [-0.05, 0) is 18.9 Å². The highest BCUT2D eigenvalue weighted by molar-refractivity contribution is 6.01. The molecule has 1 aliphatic rings. The number of rotatable bonds is 4. The van der Waals surface area contributed by atoms with Crippen molar-refractivity contribution < 1.29 is 14.1 Å². The van der Waals surface area contributed by atoms with E-state index in [4.69, 9.17) is 0 Å². The van der Waals surface area contributed by atoms with Crippen molar-refractivity contribution in [2.75, 3.05) is 5.32 Å². The second kappa shape index (κ2) is 4.93. The molecule has 0 saturated heterocycles. The van der Waals surface area contributed by atoms with Crippen molar-refractivity contribution in [1.29, 1.82) is 0 Å². The molecule has 0 bridgehead atoms. The highest BCUT2D eigenvalue weighted by Gasteiger charge is 2.28. The lowest BCUT2D eigenvalue weighted by Crippen LogP contribution is -2.15. The standard InChI is InChI=1S/C12H10FN5O3/c13-8-4-3-7(18(20)21)5-9(8)14-12(19)11-15-10(16-17-11)6-1-2-6/h3-6H,1-2H2,(H,14,19)(H,15,16,17). The van der Waals surface area contributed by atoms with E-state index in [9.17, 15) is 19.3 Å². The molecule has 1 fully saturated rings. The monoisotopic (exact) mass is 291 g/mol. The second-order valence-electron chi connectivity index (χ2n) is 4.69. The summed E-state index contributed by atoms with van der Waals surface area (Å²) in [5.41, 5.74) is -0.604. The zero-order valence-electron chi connectivity index (χ0n) is 10.7. The third-order valence-corrected chi connectivity index (χ3v) is 3.08. The molecule has 108 valence electrons. The first-order valence-corrected chi connectivity index (χ1v) is 6.22. The van der Waals surface area contributed by atoms with Crippen LogP contribution in [-0.4, -0.2) is 26.0 Å². The van der Waals surface area contributed by atoms with Crippen LogP contribution in [0.15, 0.2) is 18.2 Å². The molecule has 9 heteroatoms. The van der Waals surface area contributed by atoms with Crippen LogP contribution in [0.4, 0.5) is 15.8 Å². The van der Waals surface area contributed by atoms with Gasteiger partial charge in [-0.3, -0.25) is 20.0 Å². The van der Waals surface area contributed by atoms with Gasteiger partial charge in [-0.25, -0.2) is 9.37 Å². The Hall–Kier alpha value is -2.84. The number of nitrogens with one attached hydrogen (secondary N) is 2. The quantitative estimate of drug-likeness (QED) is 0.660.